The average Bonchev–Trinajstić information content (AvgIpc) is 3.03. The van der Waals surface area contributed by atoms with Crippen molar-refractivity contribution in [1.82, 2.24) is 4.90 Å². The zero-order valence-electron chi connectivity index (χ0n) is 17.6. The molecule has 3 rings (SSSR count). The van der Waals surface area contributed by atoms with E-state index >= 15 is 0 Å². The zero-order valence-corrected chi connectivity index (χ0v) is 20.0. The van der Waals surface area contributed by atoms with Gasteiger partial charge in [-0.05, 0) is 82.7 Å². The van der Waals surface area contributed by atoms with E-state index in [1.807, 2.05) is 6.92 Å². The number of amidine groups is 1. The number of hydrogen-bond donors (Lipinski definition) is 1. The summed E-state index contributed by atoms with van der Waals surface area (Å²) in [7, 11) is 3.31. The molecule has 10 heteroatoms. The van der Waals surface area contributed by atoms with Crippen LogP contribution in [0.25, 0.3) is 6.08 Å². The Hall–Kier alpha value is -2.85. The standard InChI is InChI=1S/C22H21BrFN3O4S/c1-4-30-17-10-13(11-18-21(29)27(3)22(25-2)32-18)9-16(23)20(17)31-12-19(28)26-15-7-5-14(24)6-8-15/h5-11H,4,12H2,1-3H3,(H,26,28)/b18-11+,25-22?. The Labute approximate surface area is 197 Å². The van der Waals surface area contributed by atoms with E-state index in [9.17, 15) is 14.0 Å². The van der Waals surface area contributed by atoms with Crippen LogP contribution in [-0.4, -0.2) is 49.2 Å². The second kappa shape index (κ2) is 10.6. The quantitative estimate of drug-likeness (QED) is 0.541. The molecule has 32 heavy (non-hydrogen) atoms. The number of benzene rings is 2. The minimum Gasteiger partial charge on any atom is -0.490 e. The predicted molar refractivity (Wildman–Crippen MR) is 128 cm³/mol. The molecule has 0 bridgehead atoms. The van der Waals surface area contributed by atoms with Crippen molar-refractivity contribution in [2.45, 2.75) is 6.92 Å². The van der Waals surface area contributed by atoms with E-state index in [4.69, 9.17) is 9.47 Å². The van der Waals surface area contributed by atoms with Crippen molar-refractivity contribution >= 4 is 56.4 Å². The largest absolute Gasteiger partial charge is 0.490 e. The summed E-state index contributed by atoms with van der Waals surface area (Å²) in [6, 6.07) is 8.96. The molecule has 1 aliphatic heterocycles. The zero-order chi connectivity index (χ0) is 23.3. The summed E-state index contributed by atoms with van der Waals surface area (Å²) < 4.78 is 25.0. The molecule has 0 unspecified atom stereocenters. The number of aliphatic imine (C=N–C) groups is 1. The number of carbonyl (C=O) groups excluding carboxylic acids is 2. The maximum absolute atomic E-state index is 13.0. The topological polar surface area (TPSA) is 80.2 Å². The van der Waals surface area contributed by atoms with Gasteiger partial charge in [-0.15, -0.1) is 0 Å². The van der Waals surface area contributed by atoms with Gasteiger partial charge < -0.3 is 14.8 Å². The Morgan fingerprint density at radius 3 is 2.62 bits per heavy atom. The number of thioether (sulfide) groups is 1. The minimum absolute atomic E-state index is 0.137. The molecular formula is C22H21BrFN3O4S. The lowest BCUT2D eigenvalue weighted by Gasteiger charge is -2.15. The van der Waals surface area contributed by atoms with Crippen molar-refractivity contribution in [2.24, 2.45) is 4.99 Å². The van der Waals surface area contributed by atoms with Gasteiger partial charge in [0.15, 0.2) is 23.3 Å². The van der Waals surface area contributed by atoms with Gasteiger partial charge in [0.05, 0.1) is 16.0 Å². The van der Waals surface area contributed by atoms with Crippen LogP contribution in [0.5, 0.6) is 11.5 Å². The van der Waals surface area contributed by atoms with Gasteiger partial charge in [0.2, 0.25) is 0 Å². The summed E-state index contributed by atoms with van der Waals surface area (Å²) in [6.07, 6.45) is 1.75. The Morgan fingerprint density at radius 1 is 1.28 bits per heavy atom. The number of hydrogen-bond acceptors (Lipinski definition) is 6. The van der Waals surface area contributed by atoms with Crippen molar-refractivity contribution in [1.29, 1.82) is 0 Å². The number of halogens is 2. The molecule has 1 aliphatic rings. The Morgan fingerprint density at radius 2 is 2.00 bits per heavy atom. The lowest BCUT2D eigenvalue weighted by Crippen LogP contribution is -2.23. The van der Waals surface area contributed by atoms with E-state index in [0.29, 0.717) is 38.3 Å². The maximum Gasteiger partial charge on any atom is 0.266 e. The molecule has 1 fully saturated rings. The molecule has 1 N–H and O–H groups in total. The Bertz CT molecular complexity index is 1090. The molecule has 2 amide bonds. The minimum atomic E-state index is -0.403. The van der Waals surface area contributed by atoms with Crippen LogP contribution in [0.4, 0.5) is 10.1 Å². The van der Waals surface area contributed by atoms with Crippen molar-refractivity contribution in [3.63, 3.8) is 0 Å². The van der Waals surface area contributed by atoms with Crippen molar-refractivity contribution in [2.75, 3.05) is 32.6 Å². The van der Waals surface area contributed by atoms with Gasteiger partial charge in [-0.25, -0.2) is 4.39 Å². The van der Waals surface area contributed by atoms with Crippen LogP contribution in [0.1, 0.15) is 12.5 Å². The van der Waals surface area contributed by atoms with Gasteiger partial charge in [0, 0.05) is 19.8 Å². The molecule has 1 saturated heterocycles. The highest BCUT2D eigenvalue weighted by atomic mass is 79.9. The van der Waals surface area contributed by atoms with Gasteiger partial charge in [-0.2, -0.15) is 0 Å². The first kappa shape index (κ1) is 23.8. The lowest BCUT2D eigenvalue weighted by atomic mass is 10.2. The summed E-state index contributed by atoms with van der Waals surface area (Å²) >= 11 is 4.75. The molecule has 0 spiro atoms. The SMILES string of the molecule is CCOc1cc(/C=C2/SC(=NC)N(C)C2=O)cc(Br)c1OCC(=O)Nc1ccc(F)cc1. The third-order valence-electron chi connectivity index (χ3n) is 4.30. The van der Waals surface area contributed by atoms with Crippen molar-refractivity contribution in [3.8, 4) is 11.5 Å². The summed E-state index contributed by atoms with van der Waals surface area (Å²) in [4.78, 5) is 30.8. The fraction of sp³-hybridized carbons (Fsp3) is 0.227. The number of nitrogens with zero attached hydrogens (tertiary/aromatic N) is 2. The van der Waals surface area contributed by atoms with Crippen molar-refractivity contribution < 1.29 is 23.5 Å². The van der Waals surface area contributed by atoms with E-state index in [2.05, 4.69) is 26.2 Å². The van der Waals surface area contributed by atoms with Crippen LogP contribution < -0.4 is 14.8 Å². The summed E-state index contributed by atoms with van der Waals surface area (Å²) in [5.41, 5.74) is 1.19. The van der Waals surface area contributed by atoms with Crippen LogP contribution in [0.2, 0.25) is 0 Å². The normalized spacial score (nSPS) is 16.0. The number of ether oxygens (including phenoxy) is 2. The second-order valence-corrected chi connectivity index (χ2v) is 8.45. The monoisotopic (exact) mass is 521 g/mol. The number of amides is 2. The van der Waals surface area contributed by atoms with E-state index < -0.39 is 5.91 Å². The molecule has 0 aliphatic carbocycles. The molecule has 0 atom stereocenters. The molecule has 2 aromatic rings. The average molecular weight is 522 g/mol. The number of rotatable bonds is 7. The maximum atomic E-state index is 13.0. The molecule has 7 nitrogen and oxygen atoms in total. The first-order valence-electron chi connectivity index (χ1n) is 9.61. The Kier molecular flexibility index (Phi) is 7.92. The van der Waals surface area contributed by atoms with Crippen LogP contribution in [0, 0.1) is 5.82 Å². The lowest BCUT2D eigenvalue weighted by molar-refractivity contribution is -0.121. The molecule has 1 heterocycles. The number of anilines is 1. The third kappa shape index (κ3) is 5.68. The highest BCUT2D eigenvalue weighted by Crippen LogP contribution is 2.39. The van der Waals surface area contributed by atoms with Gasteiger partial charge >= 0.3 is 0 Å². The Balaban J connectivity index is 1.77. The number of carbonyl (C=O) groups is 2. The van der Waals surface area contributed by atoms with Gasteiger partial charge in [-0.1, -0.05) is 0 Å². The fourth-order valence-corrected chi connectivity index (χ4v) is 4.34. The molecule has 0 aromatic heterocycles. The summed E-state index contributed by atoms with van der Waals surface area (Å²) in [5, 5.41) is 3.26. The van der Waals surface area contributed by atoms with Gasteiger partial charge in [0.25, 0.3) is 11.8 Å². The van der Waals surface area contributed by atoms with Crippen LogP contribution >= 0.6 is 27.7 Å². The van der Waals surface area contributed by atoms with E-state index in [-0.39, 0.29) is 18.3 Å². The number of likely N-dealkylation sites (N-methyl/N-ethyl adjacent to an activating group) is 1. The fourth-order valence-electron chi connectivity index (χ4n) is 2.84. The second-order valence-electron chi connectivity index (χ2n) is 6.59. The summed E-state index contributed by atoms with van der Waals surface area (Å²) in [5.74, 6) is -0.137. The van der Waals surface area contributed by atoms with Crippen molar-refractivity contribution in [3.05, 3.63) is 57.2 Å². The van der Waals surface area contributed by atoms with Crippen LogP contribution in [0.15, 0.2) is 50.8 Å². The van der Waals surface area contributed by atoms with E-state index in [1.165, 1.54) is 40.9 Å². The van der Waals surface area contributed by atoms with Crippen LogP contribution in [0.3, 0.4) is 0 Å². The smallest absolute Gasteiger partial charge is 0.266 e. The third-order valence-corrected chi connectivity index (χ3v) is 6.04. The van der Waals surface area contributed by atoms with E-state index in [1.54, 1.807) is 32.3 Å². The molecule has 168 valence electrons. The molecule has 0 radical (unpaired) electrons. The first-order chi connectivity index (χ1) is 15.3. The molecule has 2 aromatic carbocycles. The highest BCUT2D eigenvalue weighted by molar-refractivity contribution is 9.10. The summed E-state index contributed by atoms with van der Waals surface area (Å²) in [6.45, 7) is 1.94. The van der Waals surface area contributed by atoms with E-state index in [0.717, 1.165) is 5.56 Å². The highest BCUT2D eigenvalue weighted by Gasteiger charge is 2.29. The van der Waals surface area contributed by atoms with Gasteiger partial charge in [-0.3, -0.25) is 19.5 Å². The molecular weight excluding hydrogens is 501 g/mol. The van der Waals surface area contributed by atoms with Crippen LogP contribution in [-0.2, 0) is 9.59 Å². The van der Waals surface area contributed by atoms with Gasteiger partial charge in [0.1, 0.15) is 5.82 Å². The number of nitrogens with one attached hydrogen (secondary N) is 1. The predicted octanol–water partition coefficient (Wildman–Crippen LogP) is 4.54. The first-order valence-corrected chi connectivity index (χ1v) is 11.2. The molecule has 0 saturated carbocycles.